The summed E-state index contributed by atoms with van der Waals surface area (Å²) in [4.78, 5) is 12.5. The van der Waals surface area contributed by atoms with E-state index >= 15 is 0 Å². The zero-order valence-corrected chi connectivity index (χ0v) is 11.9. The molecule has 21 heavy (non-hydrogen) atoms. The van der Waals surface area contributed by atoms with Crippen molar-refractivity contribution in [2.24, 2.45) is 0 Å². The van der Waals surface area contributed by atoms with Gasteiger partial charge in [0, 0.05) is 6.54 Å². The number of hydrogen-bond acceptors (Lipinski definition) is 5. The van der Waals surface area contributed by atoms with Gasteiger partial charge in [0.25, 0.3) is 0 Å². The van der Waals surface area contributed by atoms with Crippen molar-refractivity contribution in [2.45, 2.75) is 19.4 Å². The molecule has 0 aromatic heterocycles. The van der Waals surface area contributed by atoms with Crippen molar-refractivity contribution in [1.29, 1.82) is 5.26 Å². The fourth-order valence-corrected chi connectivity index (χ4v) is 2.31. The van der Waals surface area contributed by atoms with Gasteiger partial charge >= 0.3 is 5.97 Å². The number of carboxylic acid groups (broad SMARTS) is 1. The Morgan fingerprint density at radius 1 is 1.43 bits per heavy atom. The van der Waals surface area contributed by atoms with Gasteiger partial charge in [-0.2, -0.15) is 5.26 Å². The summed E-state index contributed by atoms with van der Waals surface area (Å²) in [5, 5.41) is 18.2. The highest BCUT2D eigenvalue weighted by Crippen LogP contribution is 2.33. The maximum absolute atomic E-state index is 10.7. The van der Waals surface area contributed by atoms with Gasteiger partial charge in [-0.1, -0.05) is 13.0 Å². The van der Waals surface area contributed by atoms with Crippen LogP contribution >= 0.6 is 0 Å². The van der Waals surface area contributed by atoms with E-state index in [1.165, 1.54) is 0 Å². The van der Waals surface area contributed by atoms with Crippen molar-refractivity contribution in [1.82, 2.24) is 4.90 Å². The van der Waals surface area contributed by atoms with Crippen molar-refractivity contribution in [2.75, 3.05) is 26.3 Å². The molecule has 1 heterocycles. The number of benzene rings is 1. The Hall–Kier alpha value is -2.26. The molecule has 1 N–H and O–H groups in total. The molecule has 1 aliphatic heterocycles. The van der Waals surface area contributed by atoms with Gasteiger partial charge < -0.3 is 14.6 Å². The molecule has 1 aliphatic rings. The molecule has 1 aromatic carbocycles. The van der Waals surface area contributed by atoms with Crippen LogP contribution in [0.3, 0.4) is 0 Å². The number of aliphatic carboxylic acids is 1. The smallest absolute Gasteiger partial charge is 0.304 e. The molecule has 2 rings (SSSR count). The molecule has 0 spiro atoms. The van der Waals surface area contributed by atoms with Gasteiger partial charge in [0.1, 0.15) is 19.3 Å². The summed E-state index contributed by atoms with van der Waals surface area (Å²) >= 11 is 0. The van der Waals surface area contributed by atoms with Gasteiger partial charge in [-0.3, -0.25) is 9.69 Å². The normalized spacial score (nSPS) is 14.5. The van der Waals surface area contributed by atoms with Crippen LogP contribution in [0.5, 0.6) is 11.5 Å². The van der Waals surface area contributed by atoms with E-state index in [-0.39, 0.29) is 6.42 Å². The topological polar surface area (TPSA) is 82.8 Å². The Morgan fingerprint density at radius 2 is 2.14 bits per heavy atom. The van der Waals surface area contributed by atoms with Crippen molar-refractivity contribution in [3.05, 3.63) is 23.8 Å². The summed E-state index contributed by atoms with van der Waals surface area (Å²) in [7, 11) is 0. The first-order valence-corrected chi connectivity index (χ1v) is 6.90. The summed E-state index contributed by atoms with van der Waals surface area (Å²) in [6, 6.07) is 7.15. The van der Waals surface area contributed by atoms with Gasteiger partial charge in [0.2, 0.25) is 0 Å². The van der Waals surface area contributed by atoms with Crippen LogP contribution in [0, 0.1) is 11.3 Å². The zero-order chi connectivity index (χ0) is 15.2. The molecular weight excluding hydrogens is 272 g/mol. The third-order valence-corrected chi connectivity index (χ3v) is 3.39. The second-order valence-electron chi connectivity index (χ2n) is 4.71. The third kappa shape index (κ3) is 3.64. The van der Waals surface area contributed by atoms with Gasteiger partial charge in [0.05, 0.1) is 12.5 Å². The number of nitriles is 1. The van der Waals surface area contributed by atoms with Crippen molar-refractivity contribution >= 4 is 5.97 Å². The number of rotatable bonds is 6. The SMILES string of the molecule is CCN(CCC(=O)O)C(C#N)c1ccc2c(c1)OCCO2. The molecule has 6 heteroatoms. The Morgan fingerprint density at radius 3 is 2.76 bits per heavy atom. The largest absolute Gasteiger partial charge is 0.486 e. The lowest BCUT2D eigenvalue weighted by atomic mass is 10.1. The standard InChI is InChI=1S/C15H18N2O4/c1-2-17(6-5-15(18)19)12(10-16)11-3-4-13-14(9-11)21-8-7-20-13/h3-4,9,12H,2,5-8H2,1H3,(H,18,19). The van der Waals surface area contributed by atoms with Gasteiger partial charge in [-0.25, -0.2) is 0 Å². The van der Waals surface area contributed by atoms with Crippen LogP contribution in [0.4, 0.5) is 0 Å². The number of fused-ring (bicyclic) bond motifs is 1. The fourth-order valence-electron chi connectivity index (χ4n) is 2.31. The number of hydrogen-bond donors (Lipinski definition) is 1. The Balaban J connectivity index is 2.19. The second-order valence-corrected chi connectivity index (χ2v) is 4.71. The van der Waals surface area contributed by atoms with E-state index in [9.17, 15) is 10.1 Å². The Labute approximate surface area is 123 Å². The molecule has 112 valence electrons. The van der Waals surface area contributed by atoms with Crippen LogP contribution in [-0.4, -0.2) is 42.3 Å². The highest BCUT2D eigenvalue weighted by atomic mass is 16.6. The monoisotopic (exact) mass is 290 g/mol. The summed E-state index contributed by atoms with van der Waals surface area (Å²) in [5.74, 6) is 0.441. The van der Waals surface area contributed by atoms with Gasteiger partial charge in [-0.15, -0.1) is 0 Å². The fraction of sp³-hybridized carbons (Fsp3) is 0.467. The van der Waals surface area contributed by atoms with Gasteiger partial charge in [-0.05, 0) is 24.2 Å². The third-order valence-electron chi connectivity index (χ3n) is 3.39. The van der Waals surface area contributed by atoms with Crippen LogP contribution in [0.25, 0.3) is 0 Å². The van der Waals surface area contributed by atoms with E-state index in [1.807, 2.05) is 17.9 Å². The minimum atomic E-state index is -0.868. The number of nitrogens with zero attached hydrogens (tertiary/aromatic N) is 2. The number of carboxylic acids is 1. The quantitative estimate of drug-likeness (QED) is 0.860. The molecule has 0 bridgehead atoms. The molecule has 0 radical (unpaired) electrons. The predicted molar refractivity (Wildman–Crippen MR) is 75.3 cm³/mol. The lowest BCUT2D eigenvalue weighted by Crippen LogP contribution is -2.30. The lowest BCUT2D eigenvalue weighted by molar-refractivity contribution is -0.137. The van der Waals surface area contributed by atoms with E-state index in [1.54, 1.807) is 12.1 Å². The van der Waals surface area contributed by atoms with E-state index in [0.717, 1.165) is 5.56 Å². The summed E-state index contributed by atoms with van der Waals surface area (Å²) in [6.45, 7) is 3.85. The van der Waals surface area contributed by atoms with Crippen molar-refractivity contribution in [3.63, 3.8) is 0 Å². The van der Waals surface area contributed by atoms with Crippen LogP contribution in [-0.2, 0) is 4.79 Å². The molecule has 1 unspecified atom stereocenters. The first-order valence-electron chi connectivity index (χ1n) is 6.90. The highest BCUT2D eigenvalue weighted by Gasteiger charge is 2.22. The average Bonchev–Trinajstić information content (AvgIpc) is 2.50. The molecule has 1 atom stereocenters. The summed E-state index contributed by atoms with van der Waals surface area (Å²) < 4.78 is 11.0. The molecule has 1 aromatic rings. The van der Waals surface area contributed by atoms with Crippen LogP contribution in [0.15, 0.2) is 18.2 Å². The molecule has 0 aliphatic carbocycles. The van der Waals surface area contributed by atoms with E-state index in [4.69, 9.17) is 14.6 Å². The molecule has 0 fully saturated rings. The highest BCUT2D eigenvalue weighted by molar-refractivity contribution is 5.66. The van der Waals surface area contributed by atoms with E-state index in [2.05, 4.69) is 6.07 Å². The second kappa shape index (κ2) is 6.95. The molecule has 0 saturated heterocycles. The van der Waals surface area contributed by atoms with Gasteiger partial charge in [0.15, 0.2) is 11.5 Å². The summed E-state index contributed by atoms with van der Waals surface area (Å²) in [6.07, 6.45) is 0.0105. The molecule has 0 amide bonds. The minimum absolute atomic E-state index is 0.0105. The Bertz CT molecular complexity index is 553. The van der Waals surface area contributed by atoms with E-state index in [0.29, 0.717) is 37.8 Å². The van der Waals surface area contributed by atoms with Crippen LogP contribution in [0.2, 0.25) is 0 Å². The summed E-state index contributed by atoms with van der Waals surface area (Å²) in [5.41, 5.74) is 0.786. The van der Waals surface area contributed by atoms with Crippen LogP contribution in [0.1, 0.15) is 24.9 Å². The van der Waals surface area contributed by atoms with E-state index < -0.39 is 12.0 Å². The van der Waals surface area contributed by atoms with Crippen molar-refractivity contribution in [3.8, 4) is 17.6 Å². The molecule has 0 saturated carbocycles. The maximum atomic E-state index is 10.7. The number of ether oxygens (including phenoxy) is 2. The van der Waals surface area contributed by atoms with Crippen molar-refractivity contribution < 1.29 is 19.4 Å². The first kappa shape index (κ1) is 15.1. The molecular formula is C15H18N2O4. The maximum Gasteiger partial charge on any atom is 0.304 e. The number of carbonyl (C=O) groups is 1. The predicted octanol–water partition coefficient (Wildman–Crippen LogP) is 1.82. The average molecular weight is 290 g/mol. The zero-order valence-electron chi connectivity index (χ0n) is 11.9. The Kier molecular flexibility index (Phi) is 5.01. The molecule has 6 nitrogen and oxygen atoms in total. The first-order chi connectivity index (χ1) is 10.2. The lowest BCUT2D eigenvalue weighted by Gasteiger charge is -2.26. The van der Waals surface area contributed by atoms with Crippen LogP contribution < -0.4 is 9.47 Å². The minimum Gasteiger partial charge on any atom is -0.486 e.